The van der Waals surface area contributed by atoms with Gasteiger partial charge in [-0.1, -0.05) is 20.8 Å². The molecular formula is C16H28N4S. The Kier molecular flexibility index (Phi) is 6.15. The molecular weight excluding hydrogens is 280 g/mol. The van der Waals surface area contributed by atoms with Gasteiger partial charge in [0.1, 0.15) is 18.0 Å². The molecule has 1 saturated carbocycles. The quantitative estimate of drug-likeness (QED) is 0.793. The van der Waals surface area contributed by atoms with Crippen LogP contribution in [0.2, 0.25) is 0 Å². The van der Waals surface area contributed by atoms with Gasteiger partial charge in [0.2, 0.25) is 0 Å². The van der Waals surface area contributed by atoms with Crippen molar-refractivity contribution in [2.75, 3.05) is 23.4 Å². The second-order valence-electron chi connectivity index (χ2n) is 6.08. The zero-order chi connectivity index (χ0) is 15.2. The van der Waals surface area contributed by atoms with Crippen LogP contribution in [0, 0.1) is 0 Å². The van der Waals surface area contributed by atoms with Crippen LogP contribution >= 0.6 is 11.8 Å². The van der Waals surface area contributed by atoms with Gasteiger partial charge in [0.05, 0.1) is 0 Å². The van der Waals surface area contributed by atoms with E-state index in [1.165, 1.54) is 24.8 Å². The van der Waals surface area contributed by atoms with Crippen LogP contribution in [0.4, 0.5) is 11.6 Å². The number of nitrogens with zero attached hydrogens (tertiary/aromatic N) is 2. The van der Waals surface area contributed by atoms with Gasteiger partial charge in [-0.15, -0.1) is 0 Å². The largest absolute Gasteiger partial charge is 0.370 e. The molecule has 0 saturated heterocycles. The van der Waals surface area contributed by atoms with E-state index in [1.807, 2.05) is 11.8 Å². The van der Waals surface area contributed by atoms with Crippen molar-refractivity contribution >= 4 is 23.4 Å². The standard InChI is InChI=1S/C16H28N4S/c1-5-8-17-15-14(11(2)3)16(19-10-18-15)20-12-6-7-13(9-12)21-4/h10-13H,5-9H2,1-4H3,(H2,17,18,19,20). The Labute approximate surface area is 132 Å². The Morgan fingerprint density at radius 3 is 2.67 bits per heavy atom. The fraction of sp³-hybridized carbons (Fsp3) is 0.750. The predicted octanol–water partition coefficient (Wildman–Crippen LogP) is 4.12. The minimum Gasteiger partial charge on any atom is -0.370 e. The number of aromatic nitrogens is 2. The fourth-order valence-corrected chi connectivity index (χ4v) is 3.72. The second-order valence-corrected chi connectivity index (χ2v) is 7.22. The number of rotatable bonds is 7. The molecule has 1 aromatic heterocycles. The van der Waals surface area contributed by atoms with E-state index in [0.29, 0.717) is 12.0 Å². The van der Waals surface area contributed by atoms with Crippen LogP contribution in [-0.4, -0.2) is 34.1 Å². The Morgan fingerprint density at radius 1 is 1.29 bits per heavy atom. The van der Waals surface area contributed by atoms with Gasteiger partial charge in [0.25, 0.3) is 0 Å². The predicted molar refractivity (Wildman–Crippen MR) is 93.5 cm³/mol. The maximum atomic E-state index is 4.51. The molecule has 2 N–H and O–H groups in total. The molecule has 4 nitrogen and oxygen atoms in total. The minimum absolute atomic E-state index is 0.408. The lowest BCUT2D eigenvalue weighted by Crippen LogP contribution is -2.20. The highest BCUT2D eigenvalue weighted by Gasteiger charge is 2.25. The topological polar surface area (TPSA) is 49.8 Å². The molecule has 1 heterocycles. The molecule has 0 aliphatic heterocycles. The number of nitrogens with one attached hydrogen (secondary N) is 2. The highest BCUT2D eigenvalue weighted by Crippen LogP contribution is 2.33. The van der Waals surface area contributed by atoms with Crippen LogP contribution in [0.25, 0.3) is 0 Å². The molecule has 1 fully saturated rings. The maximum absolute atomic E-state index is 4.51. The molecule has 118 valence electrons. The molecule has 2 atom stereocenters. The van der Waals surface area contributed by atoms with Crippen LogP contribution in [0.3, 0.4) is 0 Å². The minimum atomic E-state index is 0.408. The maximum Gasteiger partial charge on any atom is 0.135 e. The zero-order valence-corrected chi connectivity index (χ0v) is 14.5. The zero-order valence-electron chi connectivity index (χ0n) is 13.6. The van der Waals surface area contributed by atoms with Crippen molar-refractivity contribution in [3.8, 4) is 0 Å². The molecule has 0 amide bonds. The van der Waals surface area contributed by atoms with Crippen molar-refractivity contribution in [2.24, 2.45) is 0 Å². The Morgan fingerprint density at radius 2 is 2.05 bits per heavy atom. The van der Waals surface area contributed by atoms with Crippen molar-refractivity contribution in [1.29, 1.82) is 0 Å². The van der Waals surface area contributed by atoms with Crippen LogP contribution < -0.4 is 10.6 Å². The Bertz CT molecular complexity index is 450. The van der Waals surface area contributed by atoms with E-state index in [2.05, 4.69) is 47.6 Å². The first-order valence-corrected chi connectivity index (χ1v) is 9.32. The van der Waals surface area contributed by atoms with Gasteiger partial charge in [0, 0.05) is 23.4 Å². The number of hydrogen-bond acceptors (Lipinski definition) is 5. The first kappa shape index (κ1) is 16.4. The van der Waals surface area contributed by atoms with E-state index in [4.69, 9.17) is 0 Å². The van der Waals surface area contributed by atoms with E-state index in [1.54, 1.807) is 6.33 Å². The summed E-state index contributed by atoms with van der Waals surface area (Å²) in [5.74, 6) is 2.42. The Balaban J connectivity index is 2.14. The van der Waals surface area contributed by atoms with Crippen LogP contribution in [-0.2, 0) is 0 Å². The lowest BCUT2D eigenvalue weighted by Gasteiger charge is -2.20. The third kappa shape index (κ3) is 4.25. The van der Waals surface area contributed by atoms with Crippen molar-refractivity contribution in [3.63, 3.8) is 0 Å². The van der Waals surface area contributed by atoms with Gasteiger partial charge in [-0.05, 0) is 37.9 Å². The monoisotopic (exact) mass is 308 g/mol. The van der Waals surface area contributed by atoms with E-state index in [-0.39, 0.29) is 0 Å². The van der Waals surface area contributed by atoms with Crippen molar-refractivity contribution < 1.29 is 0 Å². The summed E-state index contributed by atoms with van der Waals surface area (Å²) in [5.41, 5.74) is 1.22. The smallest absolute Gasteiger partial charge is 0.135 e. The Hall–Kier alpha value is -0.970. The normalized spacial score (nSPS) is 21.8. The van der Waals surface area contributed by atoms with E-state index in [9.17, 15) is 0 Å². The third-order valence-corrected chi connectivity index (χ3v) is 5.16. The summed E-state index contributed by atoms with van der Waals surface area (Å²) in [6.45, 7) is 7.54. The molecule has 21 heavy (non-hydrogen) atoms. The summed E-state index contributed by atoms with van der Waals surface area (Å²) in [6, 6.07) is 0.550. The summed E-state index contributed by atoms with van der Waals surface area (Å²) >= 11 is 1.99. The van der Waals surface area contributed by atoms with E-state index in [0.717, 1.165) is 29.9 Å². The van der Waals surface area contributed by atoms with E-state index < -0.39 is 0 Å². The van der Waals surface area contributed by atoms with Gasteiger partial charge in [0.15, 0.2) is 0 Å². The molecule has 2 unspecified atom stereocenters. The van der Waals surface area contributed by atoms with Crippen LogP contribution in [0.15, 0.2) is 6.33 Å². The summed E-state index contributed by atoms with van der Waals surface area (Å²) in [5, 5.41) is 7.90. The third-order valence-electron chi connectivity index (χ3n) is 4.06. The summed E-state index contributed by atoms with van der Waals surface area (Å²) in [7, 11) is 0. The highest BCUT2D eigenvalue weighted by molar-refractivity contribution is 7.99. The van der Waals surface area contributed by atoms with Gasteiger partial charge < -0.3 is 10.6 Å². The highest BCUT2D eigenvalue weighted by atomic mass is 32.2. The summed E-state index contributed by atoms with van der Waals surface area (Å²) in [4.78, 5) is 8.95. The summed E-state index contributed by atoms with van der Waals surface area (Å²) in [6.07, 6.45) is 8.77. The van der Waals surface area contributed by atoms with Gasteiger partial charge in [-0.2, -0.15) is 11.8 Å². The average molecular weight is 308 g/mol. The van der Waals surface area contributed by atoms with Crippen LogP contribution in [0.1, 0.15) is 57.9 Å². The molecule has 0 aromatic carbocycles. The molecule has 1 aliphatic carbocycles. The van der Waals surface area contributed by atoms with Gasteiger partial charge in [-0.25, -0.2) is 9.97 Å². The molecule has 0 spiro atoms. The summed E-state index contributed by atoms with van der Waals surface area (Å²) < 4.78 is 0. The number of hydrogen-bond donors (Lipinski definition) is 2. The van der Waals surface area contributed by atoms with Crippen molar-refractivity contribution in [3.05, 3.63) is 11.9 Å². The second kappa shape index (κ2) is 7.87. The number of anilines is 2. The molecule has 2 rings (SSSR count). The van der Waals surface area contributed by atoms with Crippen molar-refractivity contribution in [2.45, 2.75) is 63.7 Å². The molecule has 0 radical (unpaired) electrons. The molecule has 1 aliphatic rings. The first-order chi connectivity index (χ1) is 10.2. The fourth-order valence-electron chi connectivity index (χ4n) is 2.92. The van der Waals surface area contributed by atoms with Gasteiger partial charge >= 0.3 is 0 Å². The lowest BCUT2D eigenvalue weighted by atomic mass is 10.0. The van der Waals surface area contributed by atoms with Gasteiger partial charge in [-0.3, -0.25) is 0 Å². The molecule has 0 bridgehead atoms. The molecule has 5 heteroatoms. The average Bonchev–Trinajstić information content (AvgIpc) is 2.92. The van der Waals surface area contributed by atoms with Crippen molar-refractivity contribution in [1.82, 2.24) is 9.97 Å². The van der Waals surface area contributed by atoms with E-state index >= 15 is 0 Å². The SMILES string of the molecule is CCCNc1ncnc(NC2CCC(SC)C2)c1C(C)C. The van der Waals surface area contributed by atoms with Crippen LogP contribution in [0.5, 0.6) is 0 Å². The first-order valence-electron chi connectivity index (χ1n) is 8.03. The number of thioether (sulfide) groups is 1. The lowest BCUT2D eigenvalue weighted by molar-refractivity contribution is 0.741. The molecule has 1 aromatic rings.